The predicted octanol–water partition coefficient (Wildman–Crippen LogP) is 3.96. The van der Waals surface area contributed by atoms with Gasteiger partial charge in [-0.1, -0.05) is 41.3 Å². The van der Waals surface area contributed by atoms with Gasteiger partial charge in [0.2, 0.25) is 0 Å². The Hall–Kier alpha value is -0.580. The highest BCUT2D eigenvalue weighted by molar-refractivity contribution is 9.10. The lowest BCUT2D eigenvalue weighted by molar-refractivity contribution is 0.199. The summed E-state index contributed by atoms with van der Waals surface area (Å²) in [6.45, 7) is 4.92. The molecule has 0 radical (unpaired) electrons. The summed E-state index contributed by atoms with van der Waals surface area (Å²) in [5.74, 6) is 0. The van der Waals surface area contributed by atoms with E-state index in [0.29, 0.717) is 0 Å². The van der Waals surface area contributed by atoms with Crippen molar-refractivity contribution in [2.75, 3.05) is 38.3 Å². The van der Waals surface area contributed by atoms with E-state index >= 15 is 0 Å². The molecule has 21 heavy (non-hydrogen) atoms. The molecule has 1 N–H and O–H groups in total. The van der Waals surface area contributed by atoms with Crippen LogP contribution in [0.4, 0.5) is 5.69 Å². The number of hydrogen-bond acceptors (Lipinski definition) is 3. The number of nitrogens with zero attached hydrogens (tertiary/aromatic N) is 1. The highest BCUT2D eigenvalue weighted by Gasteiger charge is 2.13. The number of nitrogens with one attached hydrogen (secondary N) is 1. The highest BCUT2D eigenvalue weighted by atomic mass is 79.9. The van der Waals surface area contributed by atoms with Crippen LogP contribution < -0.4 is 10.2 Å². The molecule has 2 rings (SSSR count). The molecule has 0 aromatic heterocycles. The number of rotatable bonds is 6. The number of benzene rings is 1. The SMILES string of the molecule is COCCNCc1ccc(Br)cc1N1CCCCCCC1. The van der Waals surface area contributed by atoms with Gasteiger partial charge in [0.25, 0.3) is 0 Å². The van der Waals surface area contributed by atoms with Gasteiger partial charge in [0.1, 0.15) is 0 Å². The molecule has 1 fully saturated rings. The fourth-order valence-electron chi connectivity index (χ4n) is 2.87. The van der Waals surface area contributed by atoms with E-state index in [0.717, 1.165) is 19.7 Å². The highest BCUT2D eigenvalue weighted by Crippen LogP contribution is 2.27. The molecule has 0 aliphatic carbocycles. The number of anilines is 1. The van der Waals surface area contributed by atoms with Crippen molar-refractivity contribution in [3.8, 4) is 0 Å². The van der Waals surface area contributed by atoms with Crippen LogP contribution in [0.15, 0.2) is 22.7 Å². The summed E-state index contributed by atoms with van der Waals surface area (Å²) < 4.78 is 6.26. The summed E-state index contributed by atoms with van der Waals surface area (Å²) in [4.78, 5) is 2.57. The molecule has 4 heteroatoms. The quantitative estimate of drug-likeness (QED) is 0.782. The smallest absolute Gasteiger partial charge is 0.0587 e. The Bertz CT molecular complexity index is 417. The van der Waals surface area contributed by atoms with Crippen LogP contribution in [-0.4, -0.2) is 33.4 Å². The maximum atomic E-state index is 5.10. The van der Waals surface area contributed by atoms with Crippen molar-refractivity contribution in [1.82, 2.24) is 5.32 Å². The molecule has 1 aliphatic rings. The van der Waals surface area contributed by atoms with Crippen molar-refractivity contribution < 1.29 is 4.74 Å². The van der Waals surface area contributed by atoms with Gasteiger partial charge in [-0.05, 0) is 30.5 Å². The lowest BCUT2D eigenvalue weighted by Crippen LogP contribution is -2.29. The second-order valence-electron chi connectivity index (χ2n) is 5.70. The Morgan fingerprint density at radius 2 is 1.86 bits per heavy atom. The van der Waals surface area contributed by atoms with E-state index in [4.69, 9.17) is 4.74 Å². The van der Waals surface area contributed by atoms with E-state index in [1.54, 1.807) is 7.11 Å². The third-order valence-electron chi connectivity index (χ3n) is 4.04. The van der Waals surface area contributed by atoms with Gasteiger partial charge in [-0.25, -0.2) is 0 Å². The topological polar surface area (TPSA) is 24.5 Å². The van der Waals surface area contributed by atoms with Crippen LogP contribution in [0.3, 0.4) is 0 Å². The zero-order chi connectivity index (χ0) is 14.9. The van der Waals surface area contributed by atoms with Crippen molar-refractivity contribution in [3.63, 3.8) is 0 Å². The fraction of sp³-hybridized carbons (Fsp3) is 0.647. The molecule has 0 bridgehead atoms. The molecule has 1 aromatic carbocycles. The minimum atomic E-state index is 0.759. The molecular weight excluding hydrogens is 328 g/mol. The number of ether oxygens (including phenoxy) is 1. The second-order valence-corrected chi connectivity index (χ2v) is 6.61. The standard InChI is InChI=1S/C17H27BrN2O/c1-21-12-9-19-14-15-7-8-16(18)13-17(15)20-10-5-3-2-4-6-11-20/h7-8,13,19H,2-6,9-12,14H2,1H3. The minimum absolute atomic E-state index is 0.759. The summed E-state index contributed by atoms with van der Waals surface area (Å²) in [5.41, 5.74) is 2.77. The first-order valence-corrected chi connectivity index (χ1v) is 8.83. The lowest BCUT2D eigenvalue weighted by Gasteiger charge is -2.29. The third kappa shape index (κ3) is 5.61. The van der Waals surface area contributed by atoms with E-state index in [1.165, 1.54) is 60.9 Å². The van der Waals surface area contributed by atoms with Gasteiger partial charge in [-0.3, -0.25) is 0 Å². The van der Waals surface area contributed by atoms with Crippen molar-refractivity contribution >= 4 is 21.6 Å². The summed E-state index contributed by atoms with van der Waals surface area (Å²) in [6.07, 6.45) is 6.75. The number of methoxy groups -OCH3 is 1. The average Bonchev–Trinajstić information content (AvgIpc) is 2.45. The molecular formula is C17H27BrN2O. The fourth-order valence-corrected chi connectivity index (χ4v) is 3.22. The van der Waals surface area contributed by atoms with Crippen molar-refractivity contribution in [2.24, 2.45) is 0 Å². The van der Waals surface area contributed by atoms with Crippen LogP contribution in [0.5, 0.6) is 0 Å². The van der Waals surface area contributed by atoms with Gasteiger partial charge in [0, 0.05) is 43.4 Å². The predicted molar refractivity (Wildman–Crippen MR) is 93.0 cm³/mol. The van der Waals surface area contributed by atoms with Crippen LogP contribution >= 0.6 is 15.9 Å². The van der Waals surface area contributed by atoms with Gasteiger partial charge >= 0.3 is 0 Å². The van der Waals surface area contributed by atoms with E-state index in [1.807, 2.05) is 0 Å². The number of hydrogen-bond donors (Lipinski definition) is 1. The second kappa shape index (κ2) is 9.44. The lowest BCUT2D eigenvalue weighted by atomic mass is 10.1. The maximum Gasteiger partial charge on any atom is 0.0587 e. The van der Waals surface area contributed by atoms with Crippen LogP contribution in [0.2, 0.25) is 0 Å². The molecule has 0 saturated carbocycles. The Labute approximate surface area is 137 Å². The van der Waals surface area contributed by atoms with Crippen LogP contribution in [0, 0.1) is 0 Å². The van der Waals surface area contributed by atoms with Gasteiger partial charge < -0.3 is 15.0 Å². The Morgan fingerprint density at radius 1 is 1.14 bits per heavy atom. The van der Waals surface area contributed by atoms with E-state index < -0.39 is 0 Å². The van der Waals surface area contributed by atoms with Crippen molar-refractivity contribution in [1.29, 1.82) is 0 Å². The van der Waals surface area contributed by atoms with Crippen molar-refractivity contribution in [2.45, 2.75) is 38.6 Å². The molecule has 0 atom stereocenters. The molecule has 1 aromatic rings. The minimum Gasteiger partial charge on any atom is -0.383 e. The van der Waals surface area contributed by atoms with Gasteiger partial charge in [0.15, 0.2) is 0 Å². The van der Waals surface area contributed by atoms with Gasteiger partial charge in [-0.15, -0.1) is 0 Å². The normalized spacial score (nSPS) is 16.6. The van der Waals surface area contributed by atoms with Gasteiger partial charge in [-0.2, -0.15) is 0 Å². The largest absolute Gasteiger partial charge is 0.383 e. The molecule has 1 aliphatic heterocycles. The molecule has 3 nitrogen and oxygen atoms in total. The molecule has 0 amide bonds. The third-order valence-corrected chi connectivity index (χ3v) is 4.54. The van der Waals surface area contributed by atoms with E-state index in [2.05, 4.69) is 44.3 Å². The number of halogens is 1. The molecule has 0 unspecified atom stereocenters. The summed E-state index contributed by atoms with van der Waals surface area (Å²) in [5, 5.41) is 3.46. The van der Waals surface area contributed by atoms with Crippen molar-refractivity contribution in [3.05, 3.63) is 28.2 Å². The molecule has 1 saturated heterocycles. The van der Waals surface area contributed by atoms with Gasteiger partial charge in [0.05, 0.1) is 6.61 Å². The van der Waals surface area contributed by atoms with Crippen LogP contribution in [-0.2, 0) is 11.3 Å². The monoisotopic (exact) mass is 354 g/mol. The molecule has 118 valence electrons. The van der Waals surface area contributed by atoms with Crippen LogP contribution in [0.25, 0.3) is 0 Å². The Balaban J connectivity index is 2.05. The first-order chi connectivity index (χ1) is 10.3. The summed E-state index contributed by atoms with van der Waals surface area (Å²) in [7, 11) is 1.74. The van der Waals surface area contributed by atoms with E-state index in [9.17, 15) is 0 Å². The Morgan fingerprint density at radius 3 is 2.57 bits per heavy atom. The average molecular weight is 355 g/mol. The first-order valence-electron chi connectivity index (χ1n) is 8.04. The molecule has 1 heterocycles. The molecule has 0 spiro atoms. The zero-order valence-electron chi connectivity index (χ0n) is 13.0. The summed E-state index contributed by atoms with van der Waals surface area (Å²) >= 11 is 3.62. The zero-order valence-corrected chi connectivity index (χ0v) is 14.6. The first kappa shape index (κ1) is 16.8. The van der Waals surface area contributed by atoms with Crippen LogP contribution in [0.1, 0.15) is 37.7 Å². The summed E-state index contributed by atoms with van der Waals surface area (Å²) in [6, 6.07) is 6.65. The van der Waals surface area contributed by atoms with E-state index in [-0.39, 0.29) is 0 Å². The Kier molecular flexibility index (Phi) is 7.54. The maximum absolute atomic E-state index is 5.10.